The van der Waals surface area contributed by atoms with Crippen molar-refractivity contribution in [3.63, 3.8) is 0 Å². The van der Waals surface area contributed by atoms with Crippen molar-refractivity contribution in [1.82, 2.24) is 4.31 Å². The molecule has 1 aliphatic carbocycles. The number of ketones is 1. The fourth-order valence-electron chi connectivity index (χ4n) is 4.21. The third kappa shape index (κ3) is 3.39. The molecule has 0 unspecified atom stereocenters. The number of nitrogens with zero attached hydrogens (tertiary/aromatic N) is 1. The van der Waals surface area contributed by atoms with E-state index in [1.165, 1.54) is 17.3 Å². The average molecular weight is 439 g/mol. The van der Waals surface area contributed by atoms with Crippen LogP contribution in [0.1, 0.15) is 37.8 Å². The molecular weight excluding hydrogens is 420 g/mol. The molecule has 5 rings (SSSR count). The normalized spacial score (nSPS) is 25.1. The largest absolute Gasteiger partial charge is 0.326 e. The van der Waals surface area contributed by atoms with E-state index in [0.29, 0.717) is 22.9 Å². The quantitative estimate of drug-likeness (QED) is 0.785. The first-order valence-corrected chi connectivity index (χ1v) is 11.6. The number of piperidine rings is 2. The van der Waals surface area contributed by atoms with Gasteiger partial charge < -0.3 is 5.32 Å². The molecule has 1 aromatic heterocycles. The van der Waals surface area contributed by atoms with Crippen molar-refractivity contribution in [1.29, 1.82) is 0 Å². The number of fused-ring (bicyclic) bond motifs is 3. The van der Waals surface area contributed by atoms with Crippen LogP contribution in [0, 0.1) is 5.92 Å². The van der Waals surface area contributed by atoms with E-state index in [0.717, 1.165) is 16.9 Å². The van der Waals surface area contributed by atoms with Crippen molar-refractivity contribution in [2.45, 2.75) is 42.5 Å². The third-order valence-electron chi connectivity index (χ3n) is 5.33. The Kier molecular flexibility index (Phi) is 5.07. The van der Waals surface area contributed by atoms with Gasteiger partial charge in [-0.3, -0.25) is 9.59 Å². The fourth-order valence-corrected chi connectivity index (χ4v) is 7.66. The summed E-state index contributed by atoms with van der Waals surface area (Å²) in [5, 5.41) is 2.70. The number of nitrogens with one attached hydrogen (secondary N) is 1. The van der Waals surface area contributed by atoms with Crippen molar-refractivity contribution in [2.75, 3.05) is 5.32 Å². The monoisotopic (exact) mass is 438 g/mol. The van der Waals surface area contributed by atoms with Gasteiger partial charge >= 0.3 is 0 Å². The molecule has 1 amide bonds. The van der Waals surface area contributed by atoms with Gasteiger partial charge in [-0.05, 0) is 42.7 Å². The molecule has 2 saturated heterocycles. The van der Waals surface area contributed by atoms with Gasteiger partial charge in [0, 0.05) is 31.0 Å². The maximum atomic E-state index is 13.4. The van der Waals surface area contributed by atoms with Crippen molar-refractivity contribution in [3.8, 4) is 0 Å². The summed E-state index contributed by atoms with van der Waals surface area (Å²) in [6.07, 6.45) is 1.61. The Morgan fingerprint density at radius 2 is 1.89 bits per heavy atom. The van der Waals surface area contributed by atoms with Gasteiger partial charge in [-0.15, -0.1) is 11.3 Å². The summed E-state index contributed by atoms with van der Waals surface area (Å²) in [5.74, 6) is -0.428. The molecule has 3 heterocycles. The van der Waals surface area contributed by atoms with Gasteiger partial charge in [0.2, 0.25) is 5.91 Å². The van der Waals surface area contributed by atoms with Gasteiger partial charge in [0.25, 0.3) is 10.0 Å². The summed E-state index contributed by atoms with van der Waals surface area (Å²) < 4.78 is 28.9. The van der Waals surface area contributed by atoms with Gasteiger partial charge in [-0.1, -0.05) is 23.7 Å². The summed E-state index contributed by atoms with van der Waals surface area (Å²) in [5.41, 5.74) is 1.38. The number of carbonyl (C=O) groups excluding carboxylic acids is 2. The minimum Gasteiger partial charge on any atom is -0.326 e. The van der Waals surface area contributed by atoms with Crippen LogP contribution in [0.2, 0.25) is 4.34 Å². The summed E-state index contributed by atoms with van der Waals surface area (Å²) in [4.78, 5) is 23.8. The van der Waals surface area contributed by atoms with E-state index in [1.807, 2.05) is 0 Å². The maximum absolute atomic E-state index is 13.4. The lowest BCUT2D eigenvalue weighted by Crippen LogP contribution is -2.56. The number of amides is 1. The van der Waals surface area contributed by atoms with Gasteiger partial charge in [0.15, 0.2) is 0 Å². The summed E-state index contributed by atoms with van der Waals surface area (Å²) in [6.45, 7) is 1.42. The highest BCUT2D eigenvalue weighted by atomic mass is 35.5. The molecule has 6 nitrogen and oxygen atoms in total. The van der Waals surface area contributed by atoms with Crippen LogP contribution in [0.3, 0.4) is 0 Å². The molecule has 1 saturated carbocycles. The third-order valence-corrected chi connectivity index (χ3v) is 8.96. The molecule has 148 valence electrons. The van der Waals surface area contributed by atoms with Crippen molar-refractivity contribution in [3.05, 3.63) is 46.3 Å². The highest BCUT2D eigenvalue weighted by Crippen LogP contribution is 2.49. The average Bonchev–Trinajstić information content (AvgIpc) is 3.09. The number of anilines is 1. The standard InChI is InChI=1S/C19H19ClN2O4S2/c1-11(23)21-13-4-2-12(3-5-13)19-15-7-6-14(10-16(15)24)22(19)28(25,26)18-9-8-17(20)27-18/h2-5,8-9,14-15,19H,6-7,10H2,1H3,(H,21,23)/t14-,15+,19+/m0/s1. The highest BCUT2D eigenvalue weighted by molar-refractivity contribution is 7.91. The molecule has 2 aromatic rings. The van der Waals surface area contributed by atoms with Crippen LogP contribution in [0.25, 0.3) is 0 Å². The predicted octanol–water partition coefficient (Wildman–Crippen LogP) is 3.84. The van der Waals surface area contributed by atoms with Crippen molar-refractivity contribution in [2.24, 2.45) is 5.92 Å². The Balaban J connectivity index is 1.76. The molecule has 1 N–H and O–H groups in total. The maximum Gasteiger partial charge on any atom is 0.253 e. The van der Waals surface area contributed by atoms with E-state index in [1.54, 1.807) is 30.3 Å². The van der Waals surface area contributed by atoms with E-state index in [9.17, 15) is 18.0 Å². The van der Waals surface area contributed by atoms with Gasteiger partial charge in [0.05, 0.1) is 10.4 Å². The fraction of sp³-hybridized carbons (Fsp3) is 0.368. The first kappa shape index (κ1) is 19.6. The summed E-state index contributed by atoms with van der Waals surface area (Å²) in [6, 6.07) is 9.24. The number of rotatable bonds is 4. The zero-order valence-corrected chi connectivity index (χ0v) is 17.5. The van der Waals surface area contributed by atoms with E-state index < -0.39 is 16.1 Å². The van der Waals surface area contributed by atoms with Crippen molar-refractivity contribution < 1.29 is 18.0 Å². The minimum atomic E-state index is -3.78. The summed E-state index contributed by atoms with van der Waals surface area (Å²) in [7, 11) is -3.78. The van der Waals surface area contributed by atoms with Crippen LogP contribution in [0.4, 0.5) is 5.69 Å². The topological polar surface area (TPSA) is 83.6 Å². The second-order valence-electron chi connectivity index (χ2n) is 7.15. The van der Waals surface area contributed by atoms with E-state index in [2.05, 4.69) is 5.32 Å². The zero-order chi connectivity index (χ0) is 20.1. The molecule has 1 aromatic carbocycles. The Morgan fingerprint density at radius 1 is 1.18 bits per heavy atom. The predicted molar refractivity (Wildman–Crippen MR) is 108 cm³/mol. The van der Waals surface area contributed by atoms with Crippen LogP contribution in [0.5, 0.6) is 0 Å². The van der Waals surface area contributed by atoms with Crippen LogP contribution in [-0.4, -0.2) is 30.5 Å². The van der Waals surface area contributed by atoms with Crippen LogP contribution in [-0.2, 0) is 19.6 Å². The molecule has 2 aliphatic heterocycles. The smallest absolute Gasteiger partial charge is 0.253 e. The first-order chi connectivity index (χ1) is 13.3. The highest BCUT2D eigenvalue weighted by Gasteiger charge is 2.52. The summed E-state index contributed by atoms with van der Waals surface area (Å²) >= 11 is 6.99. The molecule has 28 heavy (non-hydrogen) atoms. The lowest BCUT2D eigenvalue weighted by atomic mass is 9.73. The molecule has 9 heteroatoms. The van der Waals surface area contributed by atoms with Gasteiger partial charge in [-0.25, -0.2) is 8.42 Å². The molecule has 0 spiro atoms. The van der Waals surface area contributed by atoms with E-state index in [4.69, 9.17) is 11.6 Å². The Hall–Kier alpha value is -1.74. The molecule has 2 bridgehead atoms. The number of sulfonamides is 1. The second-order valence-corrected chi connectivity index (χ2v) is 10.9. The number of halogens is 1. The molecule has 0 radical (unpaired) electrons. The van der Waals surface area contributed by atoms with Gasteiger partial charge in [-0.2, -0.15) is 4.31 Å². The number of hydrogen-bond acceptors (Lipinski definition) is 5. The molecule has 3 aliphatic rings. The van der Waals surface area contributed by atoms with Crippen LogP contribution >= 0.6 is 22.9 Å². The van der Waals surface area contributed by atoms with Crippen molar-refractivity contribution >= 4 is 50.3 Å². The number of benzene rings is 1. The Morgan fingerprint density at radius 3 is 2.46 bits per heavy atom. The first-order valence-electron chi connectivity index (χ1n) is 8.96. The molecule has 3 atom stereocenters. The lowest BCUT2D eigenvalue weighted by Gasteiger charge is -2.49. The SMILES string of the molecule is CC(=O)Nc1ccc([C@@H]2[C@@H]3CC[C@@H](CC3=O)N2S(=O)(=O)c2ccc(Cl)s2)cc1. The zero-order valence-electron chi connectivity index (χ0n) is 15.1. The number of thiophene rings is 1. The molecule has 3 fully saturated rings. The number of hydrogen-bond donors (Lipinski definition) is 1. The Labute approximate surface area is 172 Å². The molecular formula is C19H19ClN2O4S2. The second kappa shape index (κ2) is 7.26. The Bertz CT molecular complexity index is 1030. The number of carbonyl (C=O) groups is 2. The number of Topliss-reactive ketones (excluding diaryl/α,β-unsaturated/α-hetero) is 1. The van der Waals surface area contributed by atoms with E-state index in [-0.39, 0.29) is 34.3 Å². The van der Waals surface area contributed by atoms with Crippen LogP contribution < -0.4 is 5.32 Å². The van der Waals surface area contributed by atoms with Gasteiger partial charge in [0.1, 0.15) is 9.99 Å². The van der Waals surface area contributed by atoms with Crippen LogP contribution in [0.15, 0.2) is 40.6 Å². The lowest BCUT2D eigenvalue weighted by molar-refractivity contribution is -0.133. The van der Waals surface area contributed by atoms with E-state index >= 15 is 0 Å². The minimum absolute atomic E-state index is 0.114.